The van der Waals surface area contributed by atoms with Crippen LogP contribution in [0.15, 0.2) is 24.3 Å². The summed E-state index contributed by atoms with van der Waals surface area (Å²) in [5.41, 5.74) is 0.797. The monoisotopic (exact) mass is 282 g/mol. The number of aliphatic hydroxyl groups is 1. The minimum Gasteiger partial charge on any atom is -0.387 e. The summed E-state index contributed by atoms with van der Waals surface area (Å²) >= 11 is 5.79. The first kappa shape index (κ1) is 14.3. The van der Waals surface area contributed by atoms with E-state index in [1.807, 2.05) is 4.90 Å². The van der Waals surface area contributed by atoms with Crippen LogP contribution in [0.5, 0.6) is 0 Å². The number of carbonyl (C=O) groups excluding carboxylic acids is 1. The average molecular weight is 283 g/mol. The van der Waals surface area contributed by atoms with Crippen molar-refractivity contribution in [1.29, 1.82) is 0 Å². The van der Waals surface area contributed by atoms with Crippen LogP contribution in [-0.4, -0.2) is 42.1 Å². The highest BCUT2D eigenvalue weighted by atomic mass is 35.5. The molecule has 1 aromatic carbocycles. The maximum Gasteiger partial charge on any atom is 0.236 e. The number of rotatable bonds is 5. The number of amides is 1. The maximum absolute atomic E-state index is 11.8. The summed E-state index contributed by atoms with van der Waals surface area (Å²) in [6.07, 6.45) is 1.57. The zero-order chi connectivity index (χ0) is 13.7. The third-order valence-corrected chi connectivity index (χ3v) is 3.58. The molecule has 1 aromatic rings. The van der Waals surface area contributed by atoms with E-state index in [9.17, 15) is 9.90 Å². The molecule has 0 radical (unpaired) electrons. The lowest BCUT2D eigenvalue weighted by Crippen LogP contribution is -2.37. The highest BCUT2D eigenvalue weighted by molar-refractivity contribution is 6.30. The Morgan fingerprint density at radius 2 is 1.95 bits per heavy atom. The van der Waals surface area contributed by atoms with Gasteiger partial charge in [0.25, 0.3) is 0 Å². The smallest absolute Gasteiger partial charge is 0.236 e. The molecule has 1 amide bonds. The lowest BCUT2D eigenvalue weighted by atomic mass is 10.1. The summed E-state index contributed by atoms with van der Waals surface area (Å²) in [6, 6.07) is 7.07. The third-order valence-electron chi connectivity index (χ3n) is 3.33. The van der Waals surface area contributed by atoms with E-state index < -0.39 is 6.10 Å². The molecule has 5 heteroatoms. The minimum absolute atomic E-state index is 0.112. The first-order valence-electron chi connectivity index (χ1n) is 6.59. The van der Waals surface area contributed by atoms with E-state index in [2.05, 4.69) is 5.32 Å². The van der Waals surface area contributed by atoms with Gasteiger partial charge in [-0.3, -0.25) is 4.79 Å². The summed E-state index contributed by atoms with van der Waals surface area (Å²) in [4.78, 5) is 13.6. The number of benzene rings is 1. The van der Waals surface area contributed by atoms with Crippen molar-refractivity contribution < 1.29 is 9.90 Å². The molecular formula is C14H19ClN2O2. The Balaban J connectivity index is 1.72. The van der Waals surface area contributed by atoms with Crippen LogP contribution in [0, 0.1) is 0 Å². The van der Waals surface area contributed by atoms with Crippen LogP contribution in [-0.2, 0) is 4.79 Å². The van der Waals surface area contributed by atoms with Crippen LogP contribution in [0.3, 0.4) is 0 Å². The van der Waals surface area contributed by atoms with Crippen LogP contribution in [0.1, 0.15) is 24.5 Å². The fourth-order valence-corrected chi connectivity index (χ4v) is 2.32. The molecule has 1 saturated heterocycles. The first-order chi connectivity index (χ1) is 9.16. The second-order valence-corrected chi connectivity index (χ2v) is 5.22. The topological polar surface area (TPSA) is 52.6 Å². The van der Waals surface area contributed by atoms with E-state index in [1.54, 1.807) is 24.3 Å². The largest absolute Gasteiger partial charge is 0.387 e. The Bertz CT molecular complexity index is 416. The van der Waals surface area contributed by atoms with E-state index in [0.29, 0.717) is 11.6 Å². The number of likely N-dealkylation sites (tertiary alicyclic amines) is 1. The zero-order valence-corrected chi connectivity index (χ0v) is 11.6. The number of nitrogens with one attached hydrogen (secondary N) is 1. The Hall–Kier alpha value is -1.10. The Labute approximate surface area is 118 Å². The van der Waals surface area contributed by atoms with Gasteiger partial charge in [0, 0.05) is 24.7 Å². The highest BCUT2D eigenvalue weighted by Gasteiger charge is 2.17. The Morgan fingerprint density at radius 1 is 1.32 bits per heavy atom. The zero-order valence-electron chi connectivity index (χ0n) is 10.8. The molecule has 1 aliphatic rings. The Kier molecular flexibility index (Phi) is 5.19. The van der Waals surface area contributed by atoms with Crippen molar-refractivity contribution in [3.05, 3.63) is 34.9 Å². The maximum atomic E-state index is 11.8. The molecule has 0 aliphatic carbocycles. The summed E-state index contributed by atoms with van der Waals surface area (Å²) in [6.45, 7) is 2.37. The molecule has 1 heterocycles. The van der Waals surface area contributed by atoms with Gasteiger partial charge in [0.05, 0.1) is 12.6 Å². The van der Waals surface area contributed by atoms with Gasteiger partial charge >= 0.3 is 0 Å². The summed E-state index contributed by atoms with van der Waals surface area (Å²) in [5, 5.41) is 13.6. The first-order valence-corrected chi connectivity index (χ1v) is 6.96. The average Bonchev–Trinajstić information content (AvgIpc) is 2.93. The molecule has 19 heavy (non-hydrogen) atoms. The van der Waals surface area contributed by atoms with Crippen molar-refractivity contribution in [1.82, 2.24) is 10.2 Å². The minimum atomic E-state index is -0.622. The SMILES string of the molecule is O=C(CNCC(O)c1ccc(Cl)cc1)N1CCCC1. The summed E-state index contributed by atoms with van der Waals surface area (Å²) in [5.74, 6) is 0.112. The van der Waals surface area contributed by atoms with Crippen molar-refractivity contribution in [3.8, 4) is 0 Å². The molecule has 4 nitrogen and oxygen atoms in total. The normalized spacial score (nSPS) is 16.6. The van der Waals surface area contributed by atoms with Gasteiger partial charge in [0.1, 0.15) is 0 Å². The fourth-order valence-electron chi connectivity index (χ4n) is 2.20. The number of halogens is 1. The fraction of sp³-hybridized carbons (Fsp3) is 0.500. The number of aliphatic hydroxyl groups excluding tert-OH is 1. The predicted octanol–water partition coefficient (Wildman–Crippen LogP) is 1.59. The lowest BCUT2D eigenvalue weighted by molar-refractivity contribution is -0.129. The predicted molar refractivity (Wildman–Crippen MR) is 75.1 cm³/mol. The number of hydrogen-bond acceptors (Lipinski definition) is 3. The molecule has 1 unspecified atom stereocenters. The summed E-state index contributed by atoms with van der Waals surface area (Å²) in [7, 11) is 0. The van der Waals surface area contributed by atoms with Gasteiger partial charge in [-0.25, -0.2) is 0 Å². The van der Waals surface area contributed by atoms with E-state index in [1.165, 1.54) is 0 Å². The number of carbonyl (C=O) groups is 1. The van der Waals surface area contributed by atoms with Crippen LogP contribution < -0.4 is 5.32 Å². The van der Waals surface area contributed by atoms with Crippen LogP contribution in [0.2, 0.25) is 5.02 Å². The van der Waals surface area contributed by atoms with Crippen molar-refractivity contribution in [2.75, 3.05) is 26.2 Å². The molecule has 1 aliphatic heterocycles. The van der Waals surface area contributed by atoms with Crippen molar-refractivity contribution in [2.45, 2.75) is 18.9 Å². The van der Waals surface area contributed by atoms with Crippen molar-refractivity contribution in [2.24, 2.45) is 0 Å². The van der Waals surface area contributed by atoms with Crippen molar-refractivity contribution >= 4 is 17.5 Å². The van der Waals surface area contributed by atoms with Crippen LogP contribution in [0.4, 0.5) is 0 Å². The molecule has 0 aromatic heterocycles. The van der Waals surface area contributed by atoms with Gasteiger partial charge in [0.15, 0.2) is 0 Å². The lowest BCUT2D eigenvalue weighted by Gasteiger charge is -2.17. The molecule has 2 rings (SSSR count). The second-order valence-electron chi connectivity index (χ2n) is 4.79. The van der Waals surface area contributed by atoms with Crippen molar-refractivity contribution in [3.63, 3.8) is 0 Å². The van der Waals surface area contributed by atoms with Gasteiger partial charge in [-0.15, -0.1) is 0 Å². The van der Waals surface area contributed by atoms with E-state index in [4.69, 9.17) is 11.6 Å². The van der Waals surface area contributed by atoms with Gasteiger partial charge < -0.3 is 15.3 Å². The van der Waals surface area contributed by atoms with E-state index >= 15 is 0 Å². The molecule has 0 spiro atoms. The third kappa shape index (κ3) is 4.20. The van der Waals surface area contributed by atoms with Gasteiger partial charge in [-0.1, -0.05) is 23.7 Å². The van der Waals surface area contributed by atoms with Gasteiger partial charge in [-0.2, -0.15) is 0 Å². The molecule has 104 valence electrons. The molecule has 0 saturated carbocycles. The van der Waals surface area contributed by atoms with E-state index in [-0.39, 0.29) is 12.5 Å². The molecule has 2 N–H and O–H groups in total. The van der Waals surface area contributed by atoms with Crippen LogP contribution in [0.25, 0.3) is 0 Å². The molecule has 1 fully saturated rings. The standard InChI is InChI=1S/C14H19ClN2O2/c15-12-5-3-11(4-6-12)13(18)9-16-10-14(19)17-7-1-2-8-17/h3-6,13,16,18H,1-2,7-10H2. The highest BCUT2D eigenvalue weighted by Crippen LogP contribution is 2.15. The number of nitrogens with zero attached hydrogens (tertiary/aromatic N) is 1. The molecule has 1 atom stereocenters. The molecule has 0 bridgehead atoms. The van der Waals surface area contributed by atoms with Gasteiger partial charge in [0.2, 0.25) is 5.91 Å². The quantitative estimate of drug-likeness (QED) is 0.862. The Morgan fingerprint density at radius 3 is 2.58 bits per heavy atom. The number of hydrogen-bond donors (Lipinski definition) is 2. The van der Waals surface area contributed by atoms with Gasteiger partial charge in [-0.05, 0) is 30.5 Å². The second kappa shape index (κ2) is 6.89. The summed E-state index contributed by atoms with van der Waals surface area (Å²) < 4.78 is 0. The molecular weight excluding hydrogens is 264 g/mol. The van der Waals surface area contributed by atoms with E-state index in [0.717, 1.165) is 31.5 Å². The van der Waals surface area contributed by atoms with Crippen LogP contribution >= 0.6 is 11.6 Å².